The van der Waals surface area contributed by atoms with Crippen molar-refractivity contribution in [2.45, 2.75) is 12.5 Å². The third-order valence-corrected chi connectivity index (χ3v) is 4.78. The molecule has 1 unspecified atom stereocenters. The van der Waals surface area contributed by atoms with E-state index in [9.17, 15) is 4.79 Å². The van der Waals surface area contributed by atoms with Crippen molar-refractivity contribution in [1.29, 1.82) is 0 Å². The molecule has 2 aromatic carbocycles. The molecule has 1 aliphatic rings. The quantitative estimate of drug-likeness (QED) is 0.728. The predicted molar refractivity (Wildman–Crippen MR) is 91.2 cm³/mol. The first kappa shape index (κ1) is 15.1. The summed E-state index contributed by atoms with van der Waals surface area (Å²) in [7, 11) is 1.81. The lowest BCUT2D eigenvalue weighted by Gasteiger charge is -2.30. The molecular formula is C18H15Cl2NO. The summed E-state index contributed by atoms with van der Waals surface area (Å²) >= 11 is 12.2. The second-order valence-corrected chi connectivity index (χ2v) is 6.17. The maximum atomic E-state index is 11.1. The normalized spacial score (nSPS) is 16.7. The second kappa shape index (κ2) is 6.15. The van der Waals surface area contributed by atoms with Crippen molar-refractivity contribution in [1.82, 2.24) is 4.90 Å². The van der Waals surface area contributed by atoms with Crippen LogP contribution in [0, 0.1) is 0 Å². The van der Waals surface area contributed by atoms with Crippen LogP contribution in [0.1, 0.15) is 29.2 Å². The van der Waals surface area contributed by atoms with Crippen LogP contribution in [0.15, 0.2) is 48.5 Å². The molecular weight excluding hydrogens is 317 g/mol. The van der Waals surface area contributed by atoms with E-state index in [0.29, 0.717) is 10.0 Å². The molecule has 1 aliphatic carbocycles. The van der Waals surface area contributed by atoms with E-state index in [4.69, 9.17) is 23.2 Å². The Morgan fingerprint density at radius 3 is 2.64 bits per heavy atom. The van der Waals surface area contributed by atoms with Gasteiger partial charge in [0.2, 0.25) is 6.41 Å². The van der Waals surface area contributed by atoms with Gasteiger partial charge in [-0.05, 0) is 40.8 Å². The summed E-state index contributed by atoms with van der Waals surface area (Å²) in [5.74, 6) is 0. The van der Waals surface area contributed by atoms with Crippen molar-refractivity contribution in [2.75, 3.05) is 7.05 Å². The van der Waals surface area contributed by atoms with Gasteiger partial charge in [0, 0.05) is 7.05 Å². The van der Waals surface area contributed by atoms with Gasteiger partial charge in [-0.25, -0.2) is 0 Å². The first-order chi connectivity index (χ1) is 10.6. The first-order valence-electron chi connectivity index (χ1n) is 7.04. The van der Waals surface area contributed by atoms with Crippen LogP contribution < -0.4 is 0 Å². The second-order valence-electron chi connectivity index (χ2n) is 5.36. The fraction of sp³-hybridized carbons (Fsp3) is 0.167. The standard InChI is InChI=1S/C18H15Cl2NO/c1-21(11-22)18-9-7-13(14-4-2-3-5-15(14)18)12-6-8-16(19)17(20)10-12/h2-8,10-11,18H,9H2,1H3. The van der Waals surface area contributed by atoms with Crippen LogP contribution in [0.4, 0.5) is 0 Å². The van der Waals surface area contributed by atoms with Crippen LogP contribution in [-0.2, 0) is 4.79 Å². The van der Waals surface area contributed by atoms with Crippen molar-refractivity contribution in [2.24, 2.45) is 0 Å². The smallest absolute Gasteiger partial charge is 0.209 e. The summed E-state index contributed by atoms with van der Waals surface area (Å²) in [6, 6.07) is 13.9. The van der Waals surface area contributed by atoms with Gasteiger partial charge in [0.15, 0.2) is 0 Å². The highest BCUT2D eigenvalue weighted by molar-refractivity contribution is 6.42. The zero-order valence-corrected chi connectivity index (χ0v) is 13.6. The molecule has 3 rings (SSSR count). The third-order valence-electron chi connectivity index (χ3n) is 4.04. The Hall–Kier alpha value is -1.77. The SMILES string of the molecule is CN(C=O)C1CC=C(c2ccc(Cl)c(Cl)c2)c2ccccc21. The number of nitrogens with zero attached hydrogens (tertiary/aromatic N) is 1. The van der Waals surface area contributed by atoms with Gasteiger partial charge in [-0.15, -0.1) is 0 Å². The molecule has 0 aromatic heterocycles. The molecule has 0 radical (unpaired) electrons. The molecule has 112 valence electrons. The van der Waals surface area contributed by atoms with Crippen LogP contribution in [0.25, 0.3) is 5.57 Å². The molecule has 4 heteroatoms. The van der Waals surface area contributed by atoms with Gasteiger partial charge in [0.25, 0.3) is 0 Å². The molecule has 0 N–H and O–H groups in total. The van der Waals surface area contributed by atoms with Crippen LogP contribution in [0.3, 0.4) is 0 Å². The Bertz CT molecular complexity index is 755. The number of fused-ring (bicyclic) bond motifs is 1. The molecule has 2 nitrogen and oxygen atoms in total. The summed E-state index contributed by atoms with van der Waals surface area (Å²) in [4.78, 5) is 12.8. The van der Waals surface area contributed by atoms with E-state index in [-0.39, 0.29) is 6.04 Å². The van der Waals surface area contributed by atoms with E-state index in [2.05, 4.69) is 18.2 Å². The van der Waals surface area contributed by atoms with E-state index in [1.165, 1.54) is 0 Å². The number of hydrogen-bond donors (Lipinski definition) is 0. The Morgan fingerprint density at radius 2 is 1.91 bits per heavy atom. The predicted octanol–water partition coefficient (Wildman–Crippen LogP) is 4.96. The van der Waals surface area contributed by atoms with Gasteiger partial charge in [0.1, 0.15) is 0 Å². The number of carbonyl (C=O) groups is 1. The minimum absolute atomic E-state index is 0.0697. The molecule has 0 saturated heterocycles. The monoisotopic (exact) mass is 331 g/mol. The number of amides is 1. The summed E-state index contributed by atoms with van der Waals surface area (Å²) in [6.45, 7) is 0. The summed E-state index contributed by atoms with van der Waals surface area (Å²) in [5, 5.41) is 1.10. The number of hydrogen-bond acceptors (Lipinski definition) is 1. The average molecular weight is 332 g/mol. The molecule has 22 heavy (non-hydrogen) atoms. The third kappa shape index (κ3) is 2.65. The molecule has 0 aliphatic heterocycles. The van der Waals surface area contributed by atoms with Crippen molar-refractivity contribution in [3.8, 4) is 0 Å². The maximum Gasteiger partial charge on any atom is 0.209 e. The van der Waals surface area contributed by atoms with E-state index in [1.54, 1.807) is 4.90 Å². The Balaban J connectivity index is 2.09. The topological polar surface area (TPSA) is 20.3 Å². The van der Waals surface area contributed by atoms with Crippen LogP contribution in [-0.4, -0.2) is 18.4 Å². The fourth-order valence-corrected chi connectivity index (χ4v) is 3.19. The molecule has 1 amide bonds. The average Bonchev–Trinajstić information content (AvgIpc) is 2.55. The van der Waals surface area contributed by atoms with Gasteiger partial charge in [-0.2, -0.15) is 0 Å². The Morgan fingerprint density at radius 1 is 1.14 bits per heavy atom. The van der Waals surface area contributed by atoms with Crippen LogP contribution in [0.5, 0.6) is 0 Å². The van der Waals surface area contributed by atoms with E-state index in [0.717, 1.165) is 35.1 Å². The highest BCUT2D eigenvalue weighted by atomic mass is 35.5. The summed E-state index contributed by atoms with van der Waals surface area (Å²) < 4.78 is 0. The van der Waals surface area contributed by atoms with Gasteiger partial charge >= 0.3 is 0 Å². The van der Waals surface area contributed by atoms with Gasteiger partial charge in [-0.3, -0.25) is 4.79 Å². The molecule has 2 aromatic rings. The summed E-state index contributed by atoms with van der Waals surface area (Å²) in [6.07, 6.45) is 3.81. The number of halogens is 2. The molecule has 0 saturated carbocycles. The number of rotatable bonds is 3. The van der Waals surface area contributed by atoms with E-state index < -0.39 is 0 Å². The van der Waals surface area contributed by atoms with Crippen molar-refractivity contribution in [3.05, 3.63) is 75.3 Å². The maximum absolute atomic E-state index is 11.1. The summed E-state index contributed by atoms with van der Waals surface area (Å²) in [5.41, 5.74) is 4.45. The van der Waals surface area contributed by atoms with Gasteiger partial charge < -0.3 is 4.90 Å². The van der Waals surface area contributed by atoms with E-state index in [1.807, 2.05) is 37.4 Å². The molecule has 1 atom stereocenters. The van der Waals surface area contributed by atoms with Crippen molar-refractivity contribution in [3.63, 3.8) is 0 Å². The molecule has 0 bridgehead atoms. The lowest BCUT2D eigenvalue weighted by atomic mass is 9.84. The minimum atomic E-state index is 0.0697. The van der Waals surface area contributed by atoms with Crippen LogP contribution in [0.2, 0.25) is 10.0 Å². The molecule has 0 heterocycles. The van der Waals surface area contributed by atoms with Gasteiger partial charge in [0.05, 0.1) is 16.1 Å². The van der Waals surface area contributed by atoms with E-state index >= 15 is 0 Å². The zero-order chi connectivity index (χ0) is 15.7. The largest absolute Gasteiger partial charge is 0.341 e. The highest BCUT2D eigenvalue weighted by Crippen LogP contribution is 2.39. The van der Waals surface area contributed by atoms with Crippen LogP contribution >= 0.6 is 23.2 Å². The molecule has 0 spiro atoms. The van der Waals surface area contributed by atoms with Gasteiger partial charge in [-0.1, -0.05) is 59.6 Å². The number of benzene rings is 2. The minimum Gasteiger partial charge on any atom is -0.341 e. The van der Waals surface area contributed by atoms with Crippen molar-refractivity contribution >= 4 is 35.2 Å². The Labute approximate surface area is 140 Å². The van der Waals surface area contributed by atoms with Crippen molar-refractivity contribution < 1.29 is 4.79 Å². The lowest BCUT2D eigenvalue weighted by molar-refractivity contribution is -0.118. The number of carbonyl (C=O) groups excluding carboxylic acids is 1. The molecule has 0 fully saturated rings. The fourth-order valence-electron chi connectivity index (χ4n) is 2.90. The Kier molecular flexibility index (Phi) is 4.23. The highest BCUT2D eigenvalue weighted by Gasteiger charge is 2.24. The first-order valence-corrected chi connectivity index (χ1v) is 7.79. The lowest BCUT2D eigenvalue weighted by Crippen LogP contribution is -2.25. The zero-order valence-electron chi connectivity index (χ0n) is 12.1.